The third-order valence-corrected chi connectivity index (χ3v) is 4.05. The van der Waals surface area contributed by atoms with E-state index >= 15 is 0 Å². The van der Waals surface area contributed by atoms with E-state index in [0.717, 1.165) is 5.56 Å². The summed E-state index contributed by atoms with van der Waals surface area (Å²) in [5.74, 6) is 0.699. The van der Waals surface area contributed by atoms with Crippen molar-refractivity contribution in [3.8, 4) is 11.5 Å². The van der Waals surface area contributed by atoms with E-state index < -0.39 is 5.82 Å². The maximum Gasteiger partial charge on any atom is 0.239 e. The Balaban J connectivity index is 1.78. The maximum atomic E-state index is 13.7. The fourth-order valence-electron chi connectivity index (χ4n) is 2.25. The van der Waals surface area contributed by atoms with E-state index in [2.05, 4.69) is 26.6 Å². The normalized spacial score (nSPS) is 10.2. The second-order valence-corrected chi connectivity index (χ2v) is 6.18. The predicted octanol–water partition coefficient (Wildman–Crippen LogP) is 3.38. The number of ether oxygens (including phenoxy) is 2. The summed E-state index contributed by atoms with van der Waals surface area (Å²) >= 11 is 3.19. The predicted molar refractivity (Wildman–Crippen MR) is 98.8 cm³/mol. The highest BCUT2D eigenvalue weighted by molar-refractivity contribution is 9.10. The second kappa shape index (κ2) is 9.27. The maximum absolute atomic E-state index is 13.7. The van der Waals surface area contributed by atoms with Gasteiger partial charge in [-0.2, -0.15) is 0 Å². The molecule has 7 heteroatoms. The van der Waals surface area contributed by atoms with E-state index in [1.165, 1.54) is 6.07 Å². The number of carbonyl (C=O) groups excluding carboxylic acids is 1. The van der Waals surface area contributed by atoms with Crippen molar-refractivity contribution in [3.05, 3.63) is 52.3 Å². The monoisotopic (exact) mass is 410 g/mol. The van der Waals surface area contributed by atoms with Gasteiger partial charge in [-0.25, -0.2) is 4.39 Å². The number of methoxy groups -OCH3 is 2. The van der Waals surface area contributed by atoms with Crippen LogP contribution in [0.4, 0.5) is 10.1 Å². The highest BCUT2D eigenvalue weighted by Crippen LogP contribution is 2.27. The lowest BCUT2D eigenvalue weighted by Gasteiger charge is -2.11. The zero-order valence-corrected chi connectivity index (χ0v) is 15.7. The fraction of sp³-hybridized carbons (Fsp3) is 0.278. The molecule has 2 N–H and O–H groups in total. The Morgan fingerprint density at radius 3 is 2.56 bits per heavy atom. The molecule has 0 radical (unpaired) electrons. The smallest absolute Gasteiger partial charge is 0.239 e. The molecule has 0 unspecified atom stereocenters. The third-order valence-electron chi connectivity index (χ3n) is 3.55. The number of anilines is 1. The molecular formula is C18H20BrFN2O3. The average Bonchev–Trinajstić information content (AvgIpc) is 2.60. The van der Waals surface area contributed by atoms with Crippen molar-refractivity contribution >= 4 is 27.5 Å². The van der Waals surface area contributed by atoms with Crippen LogP contribution in [-0.2, 0) is 11.2 Å². The fourth-order valence-corrected chi connectivity index (χ4v) is 2.59. The minimum Gasteiger partial charge on any atom is -0.493 e. The van der Waals surface area contributed by atoms with Crippen LogP contribution in [0, 0.1) is 5.82 Å². The Morgan fingerprint density at radius 2 is 1.88 bits per heavy atom. The molecule has 0 aliphatic heterocycles. The molecule has 0 saturated heterocycles. The second-order valence-electron chi connectivity index (χ2n) is 5.27. The standard InChI is InChI=1S/C18H20BrFN2O3/c1-24-16-6-3-12(9-17(16)25-2)7-8-21-18(23)11-22-15-5-4-13(19)10-14(15)20/h3-6,9-10,22H,7-8,11H2,1-2H3,(H,21,23). The quantitative estimate of drug-likeness (QED) is 0.700. The topological polar surface area (TPSA) is 59.6 Å². The number of nitrogens with one attached hydrogen (secondary N) is 2. The van der Waals surface area contributed by atoms with Crippen molar-refractivity contribution in [1.29, 1.82) is 0 Å². The Labute approximate surface area is 154 Å². The summed E-state index contributed by atoms with van der Waals surface area (Å²) in [7, 11) is 3.16. The first kappa shape index (κ1) is 19.1. The van der Waals surface area contributed by atoms with E-state index in [1.54, 1.807) is 26.4 Å². The minimum atomic E-state index is -0.410. The lowest BCUT2D eigenvalue weighted by Crippen LogP contribution is -2.31. The van der Waals surface area contributed by atoms with Gasteiger partial charge in [0.05, 0.1) is 26.5 Å². The van der Waals surface area contributed by atoms with Gasteiger partial charge in [0.25, 0.3) is 0 Å². The van der Waals surface area contributed by atoms with Crippen molar-refractivity contribution in [3.63, 3.8) is 0 Å². The molecule has 2 aromatic carbocycles. The van der Waals surface area contributed by atoms with E-state index in [0.29, 0.717) is 34.6 Å². The Bertz CT molecular complexity index is 740. The molecule has 0 fully saturated rings. The van der Waals surface area contributed by atoms with Crippen LogP contribution >= 0.6 is 15.9 Å². The summed E-state index contributed by atoms with van der Waals surface area (Å²) in [6, 6.07) is 10.3. The van der Waals surface area contributed by atoms with Gasteiger partial charge in [0.2, 0.25) is 5.91 Å². The summed E-state index contributed by atoms with van der Waals surface area (Å²) in [6.07, 6.45) is 0.652. The molecule has 0 aliphatic carbocycles. The van der Waals surface area contributed by atoms with E-state index in [9.17, 15) is 9.18 Å². The zero-order valence-electron chi connectivity index (χ0n) is 14.1. The molecule has 0 aliphatic rings. The highest BCUT2D eigenvalue weighted by atomic mass is 79.9. The van der Waals surface area contributed by atoms with Gasteiger partial charge in [0.1, 0.15) is 5.82 Å². The van der Waals surface area contributed by atoms with Crippen LogP contribution < -0.4 is 20.1 Å². The first-order valence-corrected chi connectivity index (χ1v) is 8.49. The van der Waals surface area contributed by atoms with Crippen LogP contribution in [0.2, 0.25) is 0 Å². The third kappa shape index (κ3) is 5.63. The van der Waals surface area contributed by atoms with Gasteiger partial charge in [-0.15, -0.1) is 0 Å². The summed E-state index contributed by atoms with van der Waals surface area (Å²) in [6.45, 7) is 0.475. The highest BCUT2D eigenvalue weighted by Gasteiger charge is 2.07. The van der Waals surface area contributed by atoms with E-state index in [1.807, 2.05) is 18.2 Å². The molecule has 0 heterocycles. The summed E-state index contributed by atoms with van der Waals surface area (Å²) in [4.78, 5) is 11.9. The number of hydrogen-bond acceptors (Lipinski definition) is 4. The number of benzene rings is 2. The SMILES string of the molecule is COc1ccc(CCNC(=O)CNc2ccc(Br)cc2F)cc1OC. The zero-order chi connectivity index (χ0) is 18.2. The summed E-state index contributed by atoms with van der Waals surface area (Å²) < 4.78 is 24.7. The Hall–Kier alpha value is -2.28. The van der Waals surface area contributed by atoms with Crippen LogP contribution in [0.1, 0.15) is 5.56 Å². The van der Waals surface area contributed by atoms with Gasteiger partial charge in [-0.3, -0.25) is 4.79 Å². The average molecular weight is 411 g/mol. The first-order valence-electron chi connectivity index (χ1n) is 7.70. The summed E-state index contributed by atoms with van der Waals surface area (Å²) in [5.41, 5.74) is 1.31. The number of rotatable bonds is 8. The molecule has 1 amide bonds. The van der Waals surface area contributed by atoms with Crippen molar-refractivity contribution in [2.75, 3.05) is 32.6 Å². The molecule has 5 nitrogen and oxygen atoms in total. The van der Waals surface area contributed by atoms with Gasteiger partial charge in [0.15, 0.2) is 11.5 Å². The molecule has 0 aromatic heterocycles. The molecule has 0 saturated carbocycles. The molecule has 0 bridgehead atoms. The Morgan fingerprint density at radius 1 is 1.12 bits per heavy atom. The number of hydrogen-bond donors (Lipinski definition) is 2. The van der Waals surface area contributed by atoms with Crippen molar-refractivity contribution in [1.82, 2.24) is 5.32 Å². The van der Waals surface area contributed by atoms with Gasteiger partial charge in [0, 0.05) is 11.0 Å². The van der Waals surface area contributed by atoms with Crippen LogP contribution in [0.15, 0.2) is 40.9 Å². The van der Waals surface area contributed by atoms with Gasteiger partial charge < -0.3 is 20.1 Å². The number of amides is 1. The van der Waals surface area contributed by atoms with Crippen LogP contribution in [0.25, 0.3) is 0 Å². The first-order chi connectivity index (χ1) is 12.0. The van der Waals surface area contributed by atoms with Gasteiger partial charge in [-0.05, 0) is 42.3 Å². The largest absolute Gasteiger partial charge is 0.493 e. The van der Waals surface area contributed by atoms with Gasteiger partial charge in [-0.1, -0.05) is 22.0 Å². The lowest BCUT2D eigenvalue weighted by molar-refractivity contribution is -0.119. The summed E-state index contributed by atoms with van der Waals surface area (Å²) in [5, 5.41) is 5.57. The number of carbonyl (C=O) groups is 1. The van der Waals surface area contributed by atoms with Crippen LogP contribution in [0.3, 0.4) is 0 Å². The van der Waals surface area contributed by atoms with Crippen LogP contribution in [0.5, 0.6) is 11.5 Å². The number of halogens is 2. The molecule has 2 rings (SSSR count). The molecule has 25 heavy (non-hydrogen) atoms. The molecule has 0 spiro atoms. The molecule has 2 aromatic rings. The van der Waals surface area contributed by atoms with Crippen molar-refractivity contribution in [2.45, 2.75) is 6.42 Å². The molecular weight excluding hydrogens is 391 g/mol. The molecule has 0 atom stereocenters. The minimum absolute atomic E-state index is 0.00445. The van der Waals surface area contributed by atoms with E-state index in [4.69, 9.17) is 9.47 Å². The molecule has 134 valence electrons. The Kier molecular flexibility index (Phi) is 7.06. The van der Waals surface area contributed by atoms with Crippen molar-refractivity contribution in [2.24, 2.45) is 0 Å². The van der Waals surface area contributed by atoms with Crippen LogP contribution in [-0.4, -0.2) is 33.2 Å². The van der Waals surface area contributed by atoms with Gasteiger partial charge >= 0.3 is 0 Å². The van der Waals surface area contributed by atoms with Crippen molar-refractivity contribution < 1.29 is 18.7 Å². The lowest BCUT2D eigenvalue weighted by atomic mass is 10.1. The van der Waals surface area contributed by atoms with E-state index in [-0.39, 0.29) is 12.5 Å².